The second-order valence-corrected chi connectivity index (χ2v) is 6.31. The highest BCUT2D eigenvalue weighted by atomic mass is 32.1. The SMILES string of the molecule is CCc1cnc(CN2CCNC(C(C)C)C2)s1. The minimum atomic E-state index is 0.634. The van der Waals surface area contributed by atoms with Crippen LogP contribution < -0.4 is 5.32 Å². The lowest BCUT2D eigenvalue weighted by molar-refractivity contribution is 0.168. The molecule has 1 aromatic rings. The number of piperazine rings is 1. The van der Waals surface area contributed by atoms with Crippen molar-refractivity contribution in [3.05, 3.63) is 16.1 Å². The molecule has 0 aromatic carbocycles. The fraction of sp³-hybridized carbons (Fsp3) is 0.769. The van der Waals surface area contributed by atoms with Crippen LogP contribution in [0.3, 0.4) is 0 Å². The van der Waals surface area contributed by atoms with Crippen molar-refractivity contribution in [3.8, 4) is 0 Å². The van der Waals surface area contributed by atoms with Crippen LogP contribution >= 0.6 is 11.3 Å². The normalized spacial score (nSPS) is 22.2. The third-order valence-corrected chi connectivity index (χ3v) is 4.53. The Morgan fingerprint density at radius 1 is 1.59 bits per heavy atom. The highest BCUT2D eigenvalue weighted by Gasteiger charge is 2.22. The summed E-state index contributed by atoms with van der Waals surface area (Å²) >= 11 is 1.86. The van der Waals surface area contributed by atoms with E-state index < -0.39 is 0 Å². The molecule has 1 unspecified atom stereocenters. The van der Waals surface area contributed by atoms with Gasteiger partial charge in [-0.25, -0.2) is 4.98 Å². The second-order valence-electron chi connectivity index (χ2n) is 5.11. The first kappa shape index (κ1) is 13.0. The Bertz CT molecular complexity index is 348. The van der Waals surface area contributed by atoms with Crippen molar-refractivity contribution in [2.24, 2.45) is 5.92 Å². The zero-order valence-electron chi connectivity index (χ0n) is 11.1. The van der Waals surface area contributed by atoms with Gasteiger partial charge < -0.3 is 5.32 Å². The maximum absolute atomic E-state index is 4.51. The lowest BCUT2D eigenvalue weighted by Crippen LogP contribution is -2.52. The van der Waals surface area contributed by atoms with Gasteiger partial charge in [-0.3, -0.25) is 4.90 Å². The van der Waals surface area contributed by atoms with E-state index >= 15 is 0 Å². The highest BCUT2D eigenvalue weighted by Crippen LogP contribution is 2.17. The fourth-order valence-electron chi connectivity index (χ4n) is 2.21. The summed E-state index contributed by atoms with van der Waals surface area (Å²) < 4.78 is 0. The summed E-state index contributed by atoms with van der Waals surface area (Å²) in [7, 11) is 0. The van der Waals surface area contributed by atoms with Gasteiger partial charge in [0, 0.05) is 36.8 Å². The maximum Gasteiger partial charge on any atom is 0.107 e. The standard InChI is InChI=1S/C13H23N3S/c1-4-11-7-15-13(17-11)9-16-6-5-14-12(8-16)10(2)3/h7,10,12,14H,4-6,8-9H2,1-3H3. The van der Waals surface area contributed by atoms with Crippen LogP contribution in [0.4, 0.5) is 0 Å². The zero-order chi connectivity index (χ0) is 12.3. The molecule has 0 radical (unpaired) electrons. The third-order valence-electron chi connectivity index (χ3n) is 3.40. The molecule has 0 spiro atoms. The Kier molecular flexibility index (Phi) is 4.54. The highest BCUT2D eigenvalue weighted by molar-refractivity contribution is 7.11. The molecule has 1 aliphatic rings. The number of hydrogen-bond acceptors (Lipinski definition) is 4. The van der Waals surface area contributed by atoms with Crippen LogP contribution in [0.25, 0.3) is 0 Å². The smallest absolute Gasteiger partial charge is 0.107 e. The molecule has 1 N–H and O–H groups in total. The van der Waals surface area contributed by atoms with E-state index in [4.69, 9.17) is 0 Å². The number of rotatable bonds is 4. The summed E-state index contributed by atoms with van der Waals surface area (Å²) in [5.41, 5.74) is 0. The molecule has 0 amide bonds. The molecule has 96 valence electrons. The molecule has 4 heteroatoms. The molecular weight excluding hydrogens is 230 g/mol. The summed E-state index contributed by atoms with van der Waals surface area (Å²) in [6.45, 7) is 11.2. The first-order chi connectivity index (χ1) is 8.19. The van der Waals surface area contributed by atoms with Gasteiger partial charge in [-0.15, -0.1) is 11.3 Å². The summed E-state index contributed by atoms with van der Waals surface area (Å²) in [4.78, 5) is 8.43. The molecule has 1 fully saturated rings. The van der Waals surface area contributed by atoms with Crippen molar-refractivity contribution in [2.45, 2.75) is 39.8 Å². The Morgan fingerprint density at radius 3 is 3.06 bits per heavy atom. The van der Waals surface area contributed by atoms with Gasteiger partial charge in [-0.05, 0) is 12.3 Å². The van der Waals surface area contributed by atoms with E-state index in [0.29, 0.717) is 12.0 Å². The number of thiazole rings is 1. The van der Waals surface area contributed by atoms with Crippen molar-refractivity contribution in [2.75, 3.05) is 19.6 Å². The van der Waals surface area contributed by atoms with Gasteiger partial charge in [-0.1, -0.05) is 20.8 Å². The first-order valence-electron chi connectivity index (χ1n) is 6.58. The van der Waals surface area contributed by atoms with Gasteiger partial charge >= 0.3 is 0 Å². The van der Waals surface area contributed by atoms with E-state index in [0.717, 1.165) is 32.6 Å². The summed E-state index contributed by atoms with van der Waals surface area (Å²) in [5, 5.41) is 4.86. The van der Waals surface area contributed by atoms with Crippen LogP contribution in [0.5, 0.6) is 0 Å². The van der Waals surface area contributed by atoms with E-state index in [1.165, 1.54) is 9.88 Å². The van der Waals surface area contributed by atoms with E-state index in [-0.39, 0.29) is 0 Å². The maximum atomic E-state index is 4.51. The minimum absolute atomic E-state index is 0.634. The molecule has 2 rings (SSSR count). The number of nitrogens with zero attached hydrogens (tertiary/aromatic N) is 2. The average Bonchev–Trinajstić information content (AvgIpc) is 2.77. The van der Waals surface area contributed by atoms with Crippen molar-refractivity contribution in [1.82, 2.24) is 15.2 Å². The third kappa shape index (κ3) is 3.50. The Balaban J connectivity index is 1.90. The van der Waals surface area contributed by atoms with Crippen molar-refractivity contribution >= 4 is 11.3 Å². The summed E-state index contributed by atoms with van der Waals surface area (Å²) in [6.07, 6.45) is 3.13. The van der Waals surface area contributed by atoms with Gasteiger partial charge in [0.1, 0.15) is 5.01 Å². The van der Waals surface area contributed by atoms with Crippen LogP contribution in [0, 0.1) is 5.92 Å². The quantitative estimate of drug-likeness (QED) is 0.891. The monoisotopic (exact) mass is 253 g/mol. The van der Waals surface area contributed by atoms with Gasteiger partial charge in [0.05, 0.1) is 6.54 Å². The molecule has 0 saturated carbocycles. The van der Waals surface area contributed by atoms with Gasteiger partial charge in [0.25, 0.3) is 0 Å². The largest absolute Gasteiger partial charge is 0.311 e. The number of nitrogens with one attached hydrogen (secondary N) is 1. The first-order valence-corrected chi connectivity index (χ1v) is 7.40. The van der Waals surface area contributed by atoms with Crippen LogP contribution in [-0.2, 0) is 13.0 Å². The second kappa shape index (κ2) is 5.94. The van der Waals surface area contributed by atoms with E-state index in [2.05, 4.69) is 36.0 Å². The van der Waals surface area contributed by atoms with Crippen LogP contribution in [0.15, 0.2) is 6.20 Å². The summed E-state index contributed by atoms with van der Waals surface area (Å²) in [6, 6.07) is 0.634. The predicted molar refractivity (Wildman–Crippen MR) is 73.4 cm³/mol. The van der Waals surface area contributed by atoms with E-state index in [1.54, 1.807) is 0 Å². The van der Waals surface area contributed by atoms with Crippen LogP contribution in [0.1, 0.15) is 30.7 Å². The van der Waals surface area contributed by atoms with Gasteiger partial charge in [0.2, 0.25) is 0 Å². The minimum Gasteiger partial charge on any atom is -0.311 e. The Hall–Kier alpha value is -0.450. The Labute approximate surface area is 108 Å². The van der Waals surface area contributed by atoms with Gasteiger partial charge in [-0.2, -0.15) is 0 Å². The molecule has 17 heavy (non-hydrogen) atoms. The molecular formula is C13H23N3S. The van der Waals surface area contributed by atoms with Crippen LogP contribution in [0.2, 0.25) is 0 Å². The van der Waals surface area contributed by atoms with E-state index in [1.807, 2.05) is 17.5 Å². The molecule has 3 nitrogen and oxygen atoms in total. The fourth-order valence-corrected chi connectivity index (χ4v) is 3.11. The molecule has 1 aromatic heterocycles. The zero-order valence-corrected chi connectivity index (χ0v) is 11.9. The molecule has 0 bridgehead atoms. The molecule has 1 saturated heterocycles. The lowest BCUT2D eigenvalue weighted by Gasteiger charge is -2.35. The van der Waals surface area contributed by atoms with Crippen molar-refractivity contribution < 1.29 is 0 Å². The number of aromatic nitrogens is 1. The molecule has 0 aliphatic carbocycles. The number of hydrogen-bond donors (Lipinski definition) is 1. The average molecular weight is 253 g/mol. The Morgan fingerprint density at radius 2 is 2.41 bits per heavy atom. The van der Waals surface area contributed by atoms with Crippen molar-refractivity contribution in [1.29, 1.82) is 0 Å². The van der Waals surface area contributed by atoms with E-state index in [9.17, 15) is 0 Å². The lowest BCUT2D eigenvalue weighted by atomic mass is 10.0. The summed E-state index contributed by atoms with van der Waals surface area (Å²) in [5.74, 6) is 0.709. The van der Waals surface area contributed by atoms with Crippen LogP contribution in [-0.4, -0.2) is 35.6 Å². The topological polar surface area (TPSA) is 28.2 Å². The van der Waals surface area contributed by atoms with Gasteiger partial charge in [0.15, 0.2) is 0 Å². The molecule has 2 heterocycles. The predicted octanol–water partition coefficient (Wildman–Crippen LogP) is 2.14. The molecule has 1 atom stereocenters. The number of aryl methyl sites for hydroxylation is 1. The van der Waals surface area contributed by atoms with Crippen molar-refractivity contribution in [3.63, 3.8) is 0 Å². The molecule has 1 aliphatic heterocycles.